The molecule has 0 fully saturated rings. The molecule has 0 aliphatic heterocycles. The van der Waals surface area contributed by atoms with E-state index in [2.05, 4.69) is 10.3 Å². The number of aryl methyl sites for hydroxylation is 1. The minimum absolute atomic E-state index is 0.226. The van der Waals surface area contributed by atoms with E-state index in [1.807, 2.05) is 25.1 Å². The van der Waals surface area contributed by atoms with Crippen LogP contribution in [0, 0.1) is 12.7 Å². The van der Waals surface area contributed by atoms with Crippen molar-refractivity contribution >= 4 is 34.3 Å². The van der Waals surface area contributed by atoms with Crippen molar-refractivity contribution < 1.29 is 13.6 Å². The largest absolute Gasteiger partial charge is 0.436 e. The Kier molecular flexibility index (Phi) is 4.38. The molecule has 0 spiro atoms. The van der Waals surface area contributed by atoms with Crippen LogP contribution in [0.5, 0.6) is 0 Å². The van der Waals surface area contributed by atoms with Gasteiger partial charge in [0.25, 0.3) is 5.91 Å². The highest BCUT2D eigenvalue weighted by molar-refractivity contribution is 6.33. The van der Waals surface area contributed by atoms with Gasteiger partial charge < -0.3 is 9.73 Å². The average Bonchev–Trinajstić information content (AvgIpc) is 3.06. The molecule has 0 saturated heterocycles. The standard InChI is InChI=1S/C21H14ClFN2O2/c1-12-5-8-18-19(9-12)27-21(25-18)16-11-15(6-7-17(16)22)24-20(26)13-3-2-4-14(23)10-13/h2-11H,1H3,(H,24,26). The monoisotopic (exact) mass is 380 g/mol. The van der Waals surface area contributed by atoms with Crippen LogP contribution in [0.4, 0.5) is 10.1 Å². The first kappa shape index (κ1) is 17.2. The summed E-state index contributed by atoms with van der Waals surface area (Å²) in [4.78, 5) is 16.8. The molecule has 27 heavy (non-hydrogen) atoms. The van der Waals surface area contributed by atoms with Gasteiger partial charge in [0.05, 0.1) is 10.6 Å². The van der Waals surface area contributed by atoms with Gasteiger partial charge in [0, 0.05) is 11.3 Å². The van der Waals surface area contributed by atoms with E-state index in [0.717, 1.165) is 11.1 Å². The van der Waals surface area contributed by atoms with Crippen LogP contribution < -0.4 is 5.32 Å². The van der Waals surface area contributed by atoms with E-state index in [1.165, 1.54) is 18.2 Å². The number of amides is 1. The van der Waals surface area contributed by atoms with Crippen LogP contribution in [-0.4, -0.2) is 10.9 Å². The second-order valence-corrected chi connectivity index (χ2v) is 6.56. The number of halogens is 2. The summed E-state index contributed by atoms with van der Waals surface area (Å²) in [6.07, 6.45) is 0. The molecule has 1 heterocycles. The first-order chi connectivity index (χ1) is 13.0. The third kappa shape index (κ3) is 3.55. The van der Waals surface area contributed by atoms with E-state index in [0.29, 0.717) is 27.7 Å². The second-order valence-electron chi connectivity index (χ2n) is 6.15. The van der Waals surface area contributed by atoms with E-state index >= 15 is 0 Å². The van der Waals surface area contributed by atoms with Crippen LogP contribution in [0.2, 0.25) is 5.02 Å². The van der Waals surface area contributed by atoms with Crippen molar-refractivity contribution in [2.45, 2.75) is 6.92 Å². The zero-order valence-corrected chi connectivity index (χ0v) is 15.0. The van der Waals surface area contributed by atoms with Crippen LogP contribution in [-0.2, 0) is 0 Å². The zero-order valence-electron chi connectivity index (χ0n) is 14.3. The summed E-state index contributed by atoms with van der Waals surface area (Å²) in [6, 6.07) is 16.2. The Hall–Kier alpha value is -3.18. The molecule has 0 atom stereocenters. The maximum absolute atomic E-state index is 13.3. The van der Waals surface area contributed by atoms with Crippen molar-refractivity contribution in [3.05, 3.63) is 82.6 Å². The minimum atomic E-state index is -0.471. The predicted octanol–water partition coefficient (Wildman–Crippen LogP) is 5.85. The van der Waals surface area contributed by atoms with E-state index in [4.69, 9.17) is 16.0 Å². The van der Waals surface area contributed by atoms with E-state index in [9.17, 15) is 9.18 Å². The zero-order chi connectivity index (χ0) is 19.0. The maximum atomic E-state index is 13.3. The fourth-order valence-corrected chi connectivity index (χ4v) is 2.95. The van der Waals surface area contributed by atoms with Gasteiger partial charge in [0.2, 0.25) is 5.89 Å². The number of benzene rings is 3. The lowest BCUT2D eigenvalue weighted by atomic mass is 10.1. The van der Waals surface area contributed by atoms with Crippen molar-refractivity contribution in [3.63, 3.8) is 0 Å². The summed E-state index contributed by atoms with van der Waals surface area (Å²) in [5, 5.41) is 3.18. The molecule has 0 radical (unpaired) electrons. The van der Waals surface area contributed by atoms with Crippen molar-refractivity contribution in [2.75, 3.05) is 5.32 Å². The molecule has 1 N–H and O–H groups in total. The fraction of sp³-hybridized carbons (Fsp3) is 0.0476. The van der Waals surface area contributed by atoms with Crippen molar-refractivity contribution in [3.8, 4) is 11.5 Å². The molecule has 0 unspecified atom stereocenters. The number of oxazole rings is 1. The first-order valence-corrected chi connectivity index (χ1v) is 8.61. The Bertz CT molecular complexity index is 1170. The molecular weight excluding hydrogens is 367 g/mol. The molecule has 4 nitrogen and oxygen atoms in total. The van der Waals surface area contributed by atoms with Gasteiger partial charge in [-0.05, 0) is 61.0 Å². The van der Waals surface area contributed by atoms with E-state index in [1.54, 1.807) is 24.3 Å². The van der Waals surface area contributed by atoms with Gasteiger partial charge in [-0.1, -0.05) is 23.7 Å². The molecule has 1 aromatic heterocycles. The number of fused-ring (bicyclic) bond motifs is 1. The number of rotatable bonds is 3. The van der Waals surface area contributed by atoms with Gasteiger partial charge in [-0.25, -0.2) is 9.37 Å². The lowest BCUT2D eigenvalue weighted by molar-refractivity contribution is 0.102. The van der Waals surface area contributed by atoms with Gasteiger partial charge >= 0.3 is 0 Å². The van der Waals surface area contributed by atoms with Crippen molar-refractivity contribution in [1.29, 1.82) is 0 Å². The average molecular weight is 381 g/mol. The van der Waals surface area contributed by atoms with Gasteiger partial charge in [-0.2, -0.15) is 0 Å². The Morgan fingerprint density at radius 2 is 1.96 bits per heavy atom. The third-order valence-corrected chi connectivity index (χ3v) is 4.41. The molecule has 0 bridgehead atoms. The van der Waals surface area contributed by atoms with Gasteiger partial charge in [0.1, 0.15) is 11.3 Å². The number of nitrogens with one attached hydrogen (secondary N) is 1. The van der Waals surface area contributed by atoms with Crippen LogP contribution in [0.1, 0.15) is 15.9 Å². The molecule has 0 saturated carbocycles. The van der Waals surface area contributed by atoms with Crippen molar-refractivity contribution in [1.82, 2.24) is 4.98 Å². The van der Waals surface area contributed by atoms with Crippen LogP contribution in [0.25, 0.3) is 22.6 Å². The second kappa shape index (κ2) is 6.85. The summed E-state index contributed by atoms with van der Waals surface area (Å²) in [6.45, 7) is 1.97. The minimum Gasteiger partial charge on any atom is -0.436 e. The summed E-state index contributed by atoms with van der Waals surface area (Å²) >= 11 is 6.30. The first-order valence-electron chi connectivity index (χ1n) is 8.23. The Morgan fingerprint density at radius 1 is 1.11 bits per heavy atom. The Labute approximate surface area is 159 Å². The highest BCUT2D eigenvalue weighted by Crippen LogP contribution is 2.32. The molecule has 134 valence electrons. The molecule has 6 heteroatoms. The number of nitrogens with zero attached hydrogens (tertiary/aromatic N) is 1. The number of hydrogen-bond acceptors (Lipinski definition) is 3. The molecule has 1 amide bonds. The Morgan fingerprint density at radius 3 is 2.78 bits per heavy atom. The number of hydrogen-bond donors (Lipinski definition) is 1. The topological polar surface area (TPSA) is 55.1 Å². The SMILES string of the molecule is Cc1ccc2nc(-c3cc(NC(=O)c4cccc(F)c4)ccc3Cl)oc2c1. The van der Waals surface area contributed by atoms with Crippen LogP contribution >= 0.6 is 11.6 Å². The van der Waals surface area contributed by atoms with Gasteiger partial charge in [-0.15, -0.1) is 0 Å². The summed E-state index contributed by atoms with van der Waals surface area (Å²) in [5.74, 6) is -0.528. The highest BCUT2D eigenvalue weighted by atomic mass is 35.5. The quantitative estimate of drug-likeness (QED) is 0.485. The van der Waals surface area contributed by atoms with E-state index in [-0.39, 0.29) is 5.56 Å². The molecule has 4 rings (SSSR count). The molecule has 0 aliphatic carbocycles. The van der Waals surface area contributed by atoms with Gasteiger partial charge in [-0.3, -0.25) is 4.79 Å². The number of carbonyl (C=O) groups is 1. The lowest BCUT2D eigenvalue weighted by Crippen LogP contribution is -2.12. The number of carbonyl (C=O) groups excluding carboxylic acids is 1. The van der Waals surface area contributed by atoms with Gasteiger partial charge in [0.15, 0.2) is 5.58 Å². The molecule has 3 aromatic carbocycles. The van der Waals surface area contributed by atoms with E-state index < -0.39 is 11.7 Å². The predicted molar refractivity (Wildman–Crippen MR) is 104 cm³/mol. The smallest absolute Gasteiger partial charge is 0.255 e. The highest BCUT2D eigenvalue weighted by Gasteiger charge is 2.14. The van der Waals surface area contributed by atoms with Crippen LogP contribution in [0.15, 0.2) is 65.1 Å². The maximum Gasteiger partial charge on any atom is 0.255 e. The summed E-state index contributed by atoms with van der Waals surface area (Å²) < 4.78 is 19.1. The van der Waals surface area contributed by atoms with Crippen LogP contribution in [0.3, 0.4) is 0 Å². The number of aromatic nitrogens is 1. The third-order valence-electron chi connectivity index (χ3n) is 4.09. The summed E-state index contributed by atoms with van der Waals surface area (Å²) in [5.41, 5.74) is 3.73. The Balaban J connectivity index is 1.67. The molecule has 0 aliphatic rings. The molecule has 4 aromatic rings. The normalized spacial score (nSPS) is 10.9. The number of anilines is 1. The summed E-state index contributed by atoms with van der Waals surface area (Å²) in [7, 11) is 0. The van der Waals surface area contributed by atoms with Crippen molar-refractivity contribution in [2.24, 2.45) is 0 Å². The fourth-order valence-electron chi connectivity index (χ4n) is 2.75. The lowest BCUT2D eigenvalue weighted by Gasteiger charge is -2.08. The molecular formula is C21H14ClFN2O2.